The topological polar surface area (TPSA) is 33.5 Å². The number of carbonyl (C=O) groups excluding carboxylic acids is 1. The Labute approximate surface area is 125 Å². The molecule has 0 N–H and O–H groups in total. The van der Waals surface area contributed by atoms with Crippen LogP contribution in [0, 0.1) is 0 Å². The molecule has 0 bridgehead atoms. The highest BCUT2D eigenvalue weighted by Crippen LogP contribution is 2.26. The summed E-state index contributed by atoms with van der Waals surface area (Å²) >= 11 is 0.458. The third-order valence-corrected chi connectivity index (χ3v) is 3.91. The van der Waals surface area contributed by atoms with Crippen molar-refractivity contribution >= 4 is 17.7 Å². The van der Waals surface area contributed by atoms with Gasteiger partial charge in [-0.2, -0.15) is 8.78 Å². The minimum atomic E-state index is -2.46. The molecule has 0 aliphatic heterocycles. The fourth-order valence-electron chi connectivity index (χ4n) is 1.88. The van der Waals surface area contributed by atoms with Gasteiger partial charge in [0.05, 0.1) is 12.3 Å². The van der Waals surface area contributed by atoms with Gasteiger partial charge in [-0.15, -0.1) is 0 Å². The quantitative estimate of drug-likeness (QED) is 0.766. The molecule has 1 aromatic heterocycles. The predicted molar refractivity (Wildman–Crippen MR) is 77.5 cm³/mol. The van der Waals surface area contributed by atoms with Gasteiger partial charge in [0.15, 0.2) is 0 Å². The number of furan rings is 1. The molecule has 0 saturated heterocycles. The van der Waals surface area contributed by atoms with Crippen LogP contribution in [-0.2, 0) is 0 Å². The van der Waals surface area contributed by atoms with Crippen LogP contribution in [0.25, 0.3) is 0 Å². The highest BCUT2D eigenvalue weighted by atomic mass is 32.2. The van der Waals surface area contributed by atoms with E-state index in [9.17, 15) is 13.6 Å². The molecule has 2 rings (SSSR count). The lowest BCUT2D eigenvalue weighted by atomic mass is 10.1. The van der Waals surface area contributed by atoms with E-state index in [-0.39, 0.29) is 11.9 Å². The van der Waals surface area contributed by atoms with Crippen LogP contribution in [0.3, 0.4) is 0 Å². The second-order valence-electron chi connectivity index (χ2n) is 4.51. The number of amides is 1. The molecule has 21 heavy (non-hydrogen) atoms. The molecule has 1 heterocycles. The van der Waals surface area contributed by atoms with Crippen LogP contribution < -0.4 is 0 Å². The average Bonchev–Trinajstić information content (AvgIpc) is 2.99. The minimum Gasteiger partial charge on any atom is -0.467 e. The number of nitrogens with zero attached hydrogens (tertiary/aromatic N) is 1. The van der Waals surface area contributed by atoms with Gasteiger partial charge in [-0.3, -0.25) is 4.79 Å². The maximum atomic E-state index is 12.3. The number of thioether (sulfide) groups is 1. The molecule has 1 aromatic carbocycles. The number of carbonyl (C=O) groups is 1. The zero-order valence-corrected chi connectivity index (χ0v) is 12.4. The van der Waals surface area contributed by atoms with Crippen molar-refractivity contribution in [1.82, 2.24) is 4.90 Å². The summed E-state index contributed by atoms with van der Waals surface area (Å²) in [6.45, 7) is 1.86. The highest BCUT2D eigenvalue weighted by molar-refractivity contribution is 7.99. The van der Waals surface area contributed by atoms with Gasteiger partial charge in [-0.25, -0.2) is 0 Å². The zero-order valence-electron chi connectivity index (χ0n) is 11.6. The smallest absolute Gasteiger partial charge is 0.288 e. The standard InChI is InChI=1S/C15H15F2NO2S/c1-10(13-4-3-9-20-13)18(2)14(19)11-5-7-12(8-6-11)21-15(16)17/h3-10,15H,1-2H3. The monoisotopic (exact) mass is 311 g/mol. The molecule has 6 heteroatoms. The number of halogens is 2. The summed E-state index contributed by atoms with van der Waals surface area (Å²) in [4.78, 5) is 14.3. The molecule has 2 aromatic rings. The summed E-state index contributed by atoms with van der Waals surface area (Å²) in [5.41, 5.74) is 0.453. The molecule has 0 radical (unpaired) electrons. The second-order valence-corrected chi connectivity index (χ2v) is 5.57. The maximum absolute atomic E-state index is 12.3. The molecule has 1 unspecified atom stereocenters. The van der Waals surface area contributed by atoms with Crippen molar-refractivity contribution in [3.05, 3.63) is 54.0 Å². The van der Waals surface area contributed by atoms with Crippen LogP contribution in [0.15, 0.2) is 52.0 Å². The van der Waals surface area contributed by atoms with E-state index in [1.165, 1.54) is 12.1 Å². The predicted octanol–water partition coefficient (Wildman–Crippen LogP) is 4.43. The summed E-state index contributed by atoms with van der Waals surface area (Å²) in [7, 11) is 1.68. The first-order valence-electron chi connectivity index (χ1n) is 6.34. The van der Waals surface area contributed by atoms with Crippen molar-refractivity contribution in [2.24, 2.45) is 0 Å². The Balaban J connectivity index is 2.08. The second kappa shape index (κ2) is 6.76. The van der Waals surface area contributed by atoms with Gasteiger partial charge in [-0.05, 0) is 43.3 Å². The molecular formula is C15H15F2NO2S. The van der Waals surface area contributed by atoms with E-state index in [0.29, 0.717) is 28.0 Å². The number of alkyl halides is 2. The van der Waals surface area contributed by atoms with Crippen LogP contribution in [0.1, 0.15) is 29.1 Å². The fraction of sp³-hybridized carbons (Fsp3) is 0.267. The van der Waals surface area contributed by atoms with Crippen molar-refractivity contribution in [2.45, 2.75) is 23.6 Å². The van der Waals surface area contributed by atoms with E-state index in [4.69, 9.17) is 4.42 Å². The van der Waals surface area contributed by atoms with Gasteiger partial charge >= 0.3 is 0 Å². The van der Waals surface area contributed by atoms with Gasteiger partial charge in [0.1, 0.15) is 5.76 Å². The van der Waals surface area contributed by atoms with Gasteiger partial charge < -0.3 is 9.32 Å². The summed E-state index contributed by atoms with van der Waals surface area (Å²) in [6.07, 6.45) is 1.56. The normalized spacial score (nSPS) is 12.4. The summed E-state index contributed by atoms with van der Waals surface area (Å²) in [6, 6.07) is 9.52. The van der Waals surface area contributed by atoms with E-state index in [0.717, 1.165) is 0 Å². The van der Waals surface area contributed by atoms with Crippen LogP contribution in [-0.4, -0.2) is 23.6 Å². The van der Waals surface area contributed by atoms with Crippen LogP contribution in [0.5, 0.6) is 0 Å². The van der Waals surface area contributed by atoms with Gasteiger partial charge in [0.25, 0.3) is 11.7 Å². The first-order valence-corrected chi connectivity index (χ1v) is 7.22. The summed E-state index contributed by atoms with van der Waals surface area (Å²) in [5.74, 6) is -1.96. The lowest BCUT2D eigenvalue weighted by Gasteiger charge is -2.23. The van der Waals surface area contributed by atoms with Crippen molar-refractivity contribution in [3.63, 3.8) is 0 Å². The van der Waals surface area contributed by atoms with Crippen molar-refractivity contribution < 1.29 is 18.0 Å². The molecule has 0 aliphatic rings. The Morgan fingerprint density at radius 3 is 2.43 bits per heavy atom. The van der Waals surface area contributed by atoms with Gasteiger partial charge in [0, 0.05) is 17.5 Å². The number of hydrogen-bond acceptors (Lipinski definition) is 3. The zero-order chi connectivity index (χ0) is 15.4. The first-order chi connectivity index (χ1) is 9.99. The maximum Gasteiger partial charge on any atom is 0.288 e. The van der Waals surface area contributed by atoms with E-state index < -0.39 is 5.76 Å². The van der Waals surface area contributed by atoms with Gasteiger partial charge in [-0.1, -0.05) is 11.8 Å². The summed E-state index contributed by atoms with van der Waals surface area (Å²) < 4.78 is 29.8. The van der Waals surface area contributed by atoms with Crippen molar-refractivity contribution in [1.29, 1.82) is 0 Å². The van der Waals surface area contributed by atoms with Crippen LogP contribution >= 0.6 is 11.8 Å². The number of hydrogen-bond donors (Lipinski definition) is 0. The molecular weight excluding hydrogens is 296 g/mol. The molecule has 0 aliphatic carbocycles. The Morgan fingerprint density at radius 1 is 1.24 bits per heavy atom. The molecule has 112 valence electrons. The Hall–Kier alpha value is -1.82. The number of benzene rings is 1. The fourth-order valence-corrected chi connectivity index (χ4v) is 2.38. The molecule has 3 nitrogen and oxygen atoms in total. The lowest BCUT2D eigenvalue weighted by Crippen LogP contribution is -2.29. The molecule has 1 atom stereocenters. The minimum absolute atomic E-state index is 0.188. The van der Waals surface area contributed by atoms with E-state index >= 15 is 0 Å². The largest absolute Gasteiger partial charge is 0.467 e. The Morgan fingerprint density at radius 2 is 1.90 bits per heavy atom. The third kappa shape index (κ3) is 3.85. The third-order valence-electron chi connectivity index (χ3n) is 3.18. The molecule has 0 saturated carbocycles. The summed E-state index contributed by atoms with van der Waals surface area (Å²) in [5, 5.41) is 0. The number of rotatable bonds is 5. The van der Waals surface area contributed by atoms with Crippen LogP contribution in [0.2, 0.25) is 0 Å². The van der Waals surface area contributed by atoms with Crippen molar-refractivity contribution in [3.8, 4) is 0 Å². The molecule has 0 fully saturated rings. The van der Waals surface area contributed by atoms with Gasteiger partial charge in [0.2, 0.25) is 0 Å². The SMILES string of the molecule is CC(c1ccco1)N(C)C(=O)c1ccc(SC(F)F)cc1. The first kappa shape index (κ1) is 15.6. The molecule has 1 amide bonds. The van der Waals surface area contributed by atoms with Crippen molar-refractivity contribution in [2.75, 3.05) is 7.05 Å². The molecule has 0 spiro atoms. The highest BCUT2D eigenvalue weighted by Gasteiger charge is 2.20. The van der Waals surface area contributed by atoms with E-state index in [1.807, 2.05) is 6.92 Å². The average molecular weight is 311 g/mol. The van der Waals surface area contributed by atoms with Crippen LogP contribution in [0.4, 0.5) is 8.78 Å². The van der Waals surface area contributed by atoms with E-state index in [1.54, 1.807) is 42.5 Å². The Kier molecular flexibility index (Phi) is 5.01. The Bertz CT molecular complexity index is 584. The van der Waals surface area contributed by atoms with E-state index in [2.05, 4.69) is 0 Å². The lowest BCUT2D eigenvalue weighted by molar-refractivity contribution is 0.0726.